The second-order valence-corrected chi connectivity index (χ2v) is 7.48. The van der Waals surface area contributed by atoms with Gasteiger partial charge < -0.3 is 10.2 Å². The average molecular weight is 252 g/mol. The molecule has 106 valence electrons. The number of likely N-dealkylation sites (tertiary alicyclic amines) is 1. The Balaban J connectivity index is 1.83. The molecule has 1 spiro atoms. The van der Waals surface area contributed by atoms with Crippen LogP contribution in [0.1, 0.15) is 59.3 Å². The van der Waals surface area contributed by atoms with Gasteiger partial charge in [0.2, 0.25) is 0 Å². The summed E-state index contributed by atoms with van der Waals surface area (Å²) >= 11 is 0. The Morgan fingerprint density at radius 2 is 1.67 bits per heavy atom. The maximum atomic E-state index is 3.42. The molecule has 1 aliphatic heterocycles. The highest BCUT2D eigenvalue weighted by atomic mass is 15.1. The van der Waals surface area contributed by atoms with Gasteiger partial charge in [0, 0.05) is 12.6 Å². The SMILES string of the molecule is CNC(C)C(C)(C)CN1CCC2(CCCC2)CC1. The quantitative estimate of drug-likeness (QED) is 0.826. The zero-order valence-corrected chi connectivity index (χ0v) is 12.9. The molecule has 0 bridgehead atoms. The van der Waals surface area contributed by atoms with E-state index in [4.69, 9.17) is 0 Å². The van der Waals surface area contributed by atoms with E-state index in [-0.39, 0.29) is 0 Å². The highest BCUT2D eigenvalue weighted by Crippen LogP contribution is 2.46. The van der Waals surface area contributed by atoms with Crippen LogP contribution in [-0.4, -0.2) is 37.6 Å². The van der Waals surface area contributed by atoms with Gasteiger partial charge in [-0.3, -0.25) is 0 Å². The molecular weight excluding hydrogens is 220 g/mol. The Kier molecular flexibility index (Phi) is 4.38. The third-order valence-corrected chi connectivity index (χ3v) is 5.82. The highest BCUT2D eigenvalue weighted by Gasteiger charge is 2.38. The van der Waals surface area contributed by atoms with Crippen molar-refractivity contribution in [1.29, 1.82) is 0 Å². The van der Waals surface area contributed by atoms with Crippen LogP contribution in [0.5, 0.6) is 0 Å². The largest absolute Gasteiger partial charge is 0.317 e. The van der Waals surface area contributed by atoms with Crippen LogP contribution in [0.3, 0.4) is 0 Å². The zero-order valence-electron chi connectivity index (χ0n) is 12.9. The highest BCUT2D eigenvalue weighted by molar-refractivity contribution is 4.92. The third-order valence-electron chi connectivity index (χ3n) is 5.82. The molecule has 2 heteroatoms. The summed E-state index contributed by atoms with van der Waals surface area (Å²) in [5.41, 5.74) is 1.13. The minimum Gasteiger partial charge on any atom is -0.317 e. The molecule has 1 N–H and O–H groups in total. The van der Waals surface area contributed by atoms with Crippen molar-refractivity contribution in [3.63, 3.8) is 0 Å². The minimum absolute atomic E-state index is 0.370. The van der Waals surface area contributed by atoms with Crippen LogP contribution in [0.25, 0.3) is 0 Å². The topological polar surface area (TPSA) is 15.3 Å². The molecule has 0 aromatic heterocycles. The second-order valence-electron chi connectivity index (χ2n) is 7.48. The molecule has 0 radical (unpaired) electrons. The van der Waals surface area contributed by atoms with E-state index in [0.29, 0.717) is 11.5 Å². The van der Waals surface area contributed by atoms with E-state index in [1.807, 2.05) is 0 Å². The average Bonchev–Trinajstić information content (AvgIpc) is 2.80. The number of nitrogens with one attached hydrogen (secondary N) is 1. The maximum Gasteiger partial charge on any atom is 0.00991 e. The predicted molar refractivity (Wildman–Crippen MR) is 78.9 cm³/mol. The predicted octanol–water partition coefficient (Wildman–Crippen LogP) is 3.28. The summed E-state index contributed by atoms with van der Waals surface area (Å²) in [6.07, 6.45) is 8.91. The van der Waals surface area contributed by atoms with Crippen LogP contribution in [-0.2, 0) is 0 Å². The van der Waals surface area contributed by atoms with Gasteiger partial charge in [-0.15, -0.1) is 0 Å². The third kappa shape index (κ3) is 3.08. The molecular formula is C16H32N2. The Morgan fingerprint density at radius 3 is 2.17 bits per heavy atom. The van der Waals surface area contributed by atoms with Crippen molar-refractivity contribution in [3.05, 3.63) is 0 Å². The molecule has 1 saturated heterocycles. The Labute approximate surface area is 114 Å². The van der Waals surface area contributed by atoms with Crippen LogP contribution >= 0.6 is 0 Å². The van der Waals surface area contributed by atoms with E-state index in [1.54, 1.807) is 0 Å². The lowest BCUT2D eigenvalue weighted by molar-refractivity contribution is 0.0683. The number of hydrogen-bond acceptors (Lipinski definition) is 2. The van der Waals surface area contributed by atoms with Crippen molar-refractivity contribution in [1.82, 2.24) is 10.2 Å². The van der Waals surface area contributed by atoms with Crippen molar-refractivity contribution in [3.8, 4) is 0 Å². The van der Waals surface area contributed by atoms with Crippen molar-refractivity contribution in [2.45, 2.75) is 65.3 Å². The molecule has 1 aliphatic carbocycles. The summed E-state index contributed by atoms with van der Waals surface area (Å²) in [5, 5.41) is 3.42. The second kappa shape index (κ2) is 5.50. The van der Waals surface area contributed by atoms with Crippen LogP contribution in [0.4, 0.5) is 0 Å². The molecule has 2 nitrogen and oxygen atoms in total. The van der Waals surface area contributed by atoms with Gasteiger partial charge in [-0.1, -0.05) is 26.7 Å². The summed E-state index contributed by atoms with van der Waals surface area (Å²) in [5.74, 6) is 0. The molecule has 1 heterocycles. The first kappa shape index (κ1) is 14.3. The normalized spacial score (nSPS) is 26.7. The molecule has 2 fully saturated rings. The molecule has 1 unspecified atom stereocenters. The summed E-state index contributed by atoms with van der Waals surface area (Å²) in [4.78, 5) is 2.71. The Hall–Kier alpha value is -0.0800. The molecule has 0 aromatic rings. The summed E-state index contributed by atoms with van der Waals surface area (Å²) < 4.78 is 0. The first-order chi connectivity index (χ1) is 8.47. The first-order valence-corrected chi connectivity index (χ1v) is 7.87. The van der Waals surface area contributed by atoms with Gasteiger partial charge in [-0.05, 0) is 63.6 Å². The van der Waals surface area contributed by atoms with Crippen molar-refractivity contribution in [2.24, 2.45) is 10.8 Å². The molecule has 1 saturated carbocycles. The number of rotatable bonds is 4. The van der Waals surface area contributed by atoms with Crippen molar-refractivity contribution >= 4 is 0 Å². The van der Waals surface area contributed by atoms with E-state index in [1.165, 1.54) is 58.2 Å². The zero-order chi connectivity index (χ0) is 13.2. The smallest absolute Gasteiger partial charge is 0.00991 e. The summed E-state index contributed by atoms with van der Waals surface area (Å²) in [6, 6.07) is 0.583. The van der Waals surface area contributed by atoms with Crippen LogP contribution in [0.15, 0.2) is 0 Å². The maximum absolute atomic E-state index is 3.42. The van der Waals surface area contributed by atoms with E-state index in [0.717, 1.165) is 5.41 Å². The monoisotopic (exact) mass is 252 g/mol. The fourth-order valence-corrected chi connectivity index (χ4v) is 3.91. The van der Waals surface area contributed by atoms with Gasteiger partial charge in [0.1, 0.15) is 0 Å². The minimum atomic E-state index is 0.370. The fraction of sp³-hybridized carbons (Fsp3) is 1.00. The van der Waals surface area contributed by atoms with Gasteiger partial charge >= 0.3 is 0 Å². The molecule has 0 aromatic carbocycles. The Bertz CT molecular complexity index is 256. The van der Waals surface area contributed by atoms with Crippen LogP contribution in [0, 0.1) is 10.8 Å². The molecule has 0 amide bonds. The van der Waals surface area contributed by atoms with Gasteiger partial charge in [-0.25, -0.2) is 0 Å². The van der Waals surface area contributed by atoms with Crippen LogP contribution < -0.4 is 5.32 Å². The van der Waals surface area contributed by atoms with Gasteiger partial charge in [0.15, 0.2) is 0 Å². The lowest BCUT2D eigenvalue weighted by Crippen LogP contribution is -2.48. The molecule has 1 atom stereocenters. The Morgan fingerprint density at radius 1 is 1.11 bits per heavy atom. The standard InChI is InChI=1S/C16H32N2/c1-14(17-4)15(2,3)13-18-11-9-16(10-12-18)7-5-6-8-16/h14,17H,5-13H2,1-4H3. The molecule has 18 heavy (non-hydrogen) atoms. The molecule has 2 aliphatic rings. The van der Waals surface area contributed by atoms with E-state index < -0.39 is 0 Å². The fourth-order valence-electron chi connectivity index (χ4n) is 3.91. The van der Waals surface area contributed by atoms with Gasteiger partial charge in [0.25, 0.3) is 0 Å². The van der Waals surface area contributed by atoms with E-state index in [2.05, 4.69) is 38.0 Å². The van der Waals surface area contributed by atoms with Gasteiger partial charge in [-0.2, -0.15) is 0 Å². The van der Waals surface area contributed by atoms with Crippen LogP contribution in [0.2, 0.25) is 0 Å². The van der Waals surface area contributed by atoms with E-state index in [9.17, 15) is 0 Å². The molecule has 2 rings (SSSR count). The number of hydrogen-bond donors (Lipinski definition) is 1. The number of piperidine rings is 1. The summed E-state index contributed by atoms with van der Waals surface area (Å²) in [7, 11) is 2.08. The lowest BCUT2D eigenvalue weighted by atomic mass is 9.76. The first-order valence-electron chi connectivity index (χ1n) is 7.87. The lowest BCUT2D eigenvalue weighted by Gasteiger charge is -2.43. The van der Waals surface area contributed by atoms with E-state index >= 15 is 0 Å². The summed E-state index contributed by atoms with van der Waals surface area (Å²) in [6.45, 7) is 11.0. The van der Waals surface area contributed by atoms with Gasteiger partial charge in [0.05, 0.1) is 0 Å². The van der Waals surface area contributed by atoms with Crippen molar-refractivity contribution in [2.75, 3.05) is 26.7 Å². The number of nitrogens with zero attached hydrogens (tertiary/aromatic N) is 1. The van der Waals surface area contributed by atoms with Crippen molar-refractivity contribution < 1.29 is 0 Å².